The Morgan fingerprint density at radius 1 is 1.42 bits per heavy atom. The fourth-order valence-corrected chi connectivity index (χ4v) is 2.62. The normalized spacial score (nSPS) is 18.0. The summed E-state index contributed by atoms with van der Waals surface area (Å²) in [6.07, 6.45) is 4.64. The van der Waals surface area contributed by atoms with Crippen molar-refractivity contribution >= 4 is 23.1 Å². The lowest BCUT2D eigenvalue weighted by molar-refractivity contribution is -0.384. The van der Waals surface area contributed by atoms with Gasteiger partial charge in [0.2, 0.25) is 5.82 Å². The van der Waals surface area contributed by atoms with Crippen LogP contribution in [0.5, 0.6) is 0 Å². The number of pyridine rings is 1. The van der Waals surface area contributed by atoms with Crippen LogP contribution in [0.25, 0.3) is 0 Å². The highest BCUT2D eigenvalue weighted by Crippen LogP contribution is 2.34. The van der Waals surface area contributed by atoms with Crippen LogP contribution < -0.4 is 5.32 Å². The summed E-state index contributed by atoms with van der Waals surface area (Å²) in [5, 5.41) is 23.8. The van der Waals surface area contributed by atoms with E-state index in [0.29, 0.717) is 0 Å². The van der Waals surface area contributed by atoms with Gasteiger partial charge in [-0.1, -0.05) is 30.9 Å². The molecule has 0 amide bonds. The SMILES string of the molecule is O=[N+]([O-])c1ccc(Cl)nc1NC1(CO)CCCCC1. The number of aliphatic hydroxyl groups is 1. The van der Waals surface area contributed by atoms with Crippen LogP contribution in [-0.2, 0) is 0 Å². The molecule has 0 aromatic carbocycles. The molecule has 104 valence electrons. The first kappa shape index (κ1) is 14.0. The van der Waals surface area contributed by atoms with Gasteiger partial charge in [-0.3, -0.25) is 10.1 Å². The highest BCUT2D eigenvalue weighted by Gasteiger charge is 2.33. The Morgan fingerprint density at radius 2 is 2.11 bits per heavy atom. The molecule has 1 aromatic heterocycles. The van der Waals surface area contributed by atoms with Crippen LogP contribution in [0.1, 0.15) is 32.1 Å². The number of aliphatic hydroxyl groups excluding tert-OH is 1. The summed E-state index contributed by atoms with van der Waals surface area (Å²) in [6.45, 7) is -0.0711. The van der Waals surface area contributed by atoms with Crippen molar-refractivity contribution < 1.29 is 10.0 Å². The minimum Gasteiger partial charge on any atom is -0.394 e. The lowest BCUT2D eigenvalue weighted by Gasteiger charge is -2.36. The van der Waals surface area contributed by atoms with Gasteiger partial charge in [0.15, 0.2) is 0 Å². The van der Waals surface area contributed by atoms with E-state index < -0.39 is 10.5 Å². The Balaban J connectivity index is 2.30. The second-order valence-corrected chi connectivity index (χ2v) is 5.27. The topological polar surface area (TPSA) is 88.3 Å². The molecule has 19 heavy (non-hydrogen) atoms. The molecule has 0 spiro atoms. The summed E-state index contributed by atoms with van der Waals surface area (Å²) in [4.78, 5) is 14.5. The molecule has 1 fully saturated rings. The number of aromatic nitrogens is 1. The average molecular weight is 286 g/mol. The highest BCUT2D eigenvalue weighted by atomic mass is 35.5. The van der Waals surface area contributed by atoms with E-state index >= 15 is 0 Å². The molecule has 1 saturated carbocycles. The van der Waals surface area contributed by atoms with Crippen molar-refractivity contribution in [2.45, 2.75) is 37.6 Å². The van der Waals surface area contributed by atoms with E-state index in [-0.39, 0.29) is 23.3 Å². The summed E-state index contributed by atoms with van der Waals surface area (Å²) in [5.41, 5.74) is -0.649. The molecule has 0 bridgehead atoms. The molecule has 1 heterocycles. The number of hydrogen-bond acceptors (Lipinski definition) is 5. The van der Waals surface area contributed by atoms with E-state index in [9.17, 15) is 15.2 Å². The number of nitro groups is 1. The zero-order chi connectivity index (χ0) is 13.9. The second kappa shape index (κ2) is 5.71. The van der Waals surface area contributed by atoms with Gasteiger partial charge in [0, 0.05) is 6.07 Å². The smallest absolute Gasteiger partial charge is 0.311 e. The fourth-order valence-electron chi connectivity index (χ4n) is 2.47. The monoisotopic (exact) mass is 285 g/mol. The Kier molecular flexibility index (Phi) is 4.21. The van der Waals surface area contributed by atoms with Crippen molar-refractivity contribution in [2.75, 3.05) is 11.9 Å². The van der Waals surface area contributed by atoms with E-state index in [4.69, 9.17) is 11.6 Å². The zero-order valence-electron chi connectivity index (χ0n) is 10.4. The van der Waals surface area contributed by atoms with Crippen LogP contribution in [0.2, 0.25) is 5.15 Å². The largest absolute Gasteiger partial charge is 0.394 e. The molecule has 0 unspecified atom stereocenters. The van der Waals surface area contributed by atoms with Crippen molar-refractivity contribution in [3.63, 3.8) is 0 Å². The van der Waals surface area contributed by atoms with Crippen LogP contribution >= 0.6 is 11.6 Å². The third-order valence-corrected chi connectivity index (χ3v) is 3.74. The summed E-state index contributed by atoms with van der Waals surface area (Å²) < 4.78 is 0. The van der Waals surface area contributed by atoms with Crippen LogP contribution in [-0.4, -0.2) is 27.2 Å². The van der Waals surface area contributed by atoms with Gasteiger partial charge >= 0.3 is 5.69 Å². The van der Waals surface area contributed by atoms with Crippen molar-refractivity contribution in [3.05, 3.63) is 27.4 Å². The molecule has 6 nitrogen and oxygen atoms in total. The van der Waals surface area contributed by atoms with E-state index in [2.05, 4.69) is 10.3 Å². The second-order valence-electron chi connectivity index (χ2n) is 4.88. The number of anilines is 1. The Bertz CT molecular complexity index is 475. The van der Waals surface area contributed by atoms with Crippen LogP contribution in [0.4, 0.5) is 11.5 Å². The van der Waals surface area contributed by atoms with Gasteiger partial charge in [0.05, 0.1) is 17.1 Å². The highest BCUT2D eigenvalue weighted by molar-refractivity contribution is 6.29. The van der Waals surface area contributed by atoms with Crippen LogP contribution in [0.3, 0.4) is 0 Å². The number of hydrogen-bond donors (Lipinski definition) is 2. The molecular formula is C12H16ClN3O3. The molecule has 1 aliphatic rings. The number of halogens is 1. The maximum atomic E-state index is 11.0. The predicted molar refractivity (Wildman–Crippen MR) is 72.4 cm³/mol. The van der Waals surface area contributed by atoms with E-state index in [1.165, 1.54) is 12.1 Å². The van der Waals surface area contributed by atoms with Crippen molar-refractivity contribution in [1.29, 1.82) is 0 Å². The minimum absolute atomic E-state index is 0.0711. The molecule has 0 saturated heterocycles. The van der Waals surface area contributed by atoms with Gasteiger partial charge in [-0.2, -0.15) is 0 Å². The number of rotatable bonds is 4. The third kappa shape index (κ3) is 3.13. The lowest BCUT2D eigenvalue weighted by atomic mass is 9.82. The molecule has 0 atom stereocenters. The summed E-state index contributed by atoms with van der Waals surface area (Å²) in [5.74, 6) is 0.133. The first-order valence-electron chi connectivity index (χ1n) is 6.26. The lowest BCUT2D eigenvalue weighted by Crippen LogP contribution is -2.44. The van der Waals surface area contributed by atoms with E-state index in [1.807, 2.05) is 0 Å². The minimum atomic E-state index is -0.527. The van der Waals surface area contributed by atoms with E-state index in [1.54, 1.807) is 0 Å². The van der Waals surface area contributed by atoms with Gasteiger partial charge in [-0.25, -0.2) is 4.98 Å². The van der Waals surface area contributed by atoms with E-state index in [0.717, 1.165) is 32.1 Å². The van der Waals surface area contributed by atoms with Gasteiger partial charge in [0.1, 0.15) is 5.15 Å². The van der Waals surface area contributed by atoms with Gasteiger partial charge < -0.3 is 10.4 Å². The molecule has 2 N–H and O–H groups in total. The molecule has 2 rings (SSSR count). The molecule has 7 heteroatoms. The maximum absolute atomic E-state index is 11.0. The van der Waals surface area contributed by atoms with Gasteiger partial charge in [-0.15, -0.1) is 0 Å². The quantitative estimate of drug-likeness (QED) is 0.504. The van der Waals surface area contributed by atoms with Gasteiger partial charge in [-0.05, 0) is 18.9 Å². The molecule has 0 radical (unpaired) electrons. The van der Waals surface area contributed by atoms with Crippen molar-refractivity contribution in [3.8, 4) is 0 Å². The predicted octanol–water partition coefficient (Wildman–Crippen LogP) is 2.75. The number of nitrogens with zero attached hydrogens (tertiary/aromatic N) is 2. The zero-order valence-corrected chi connectivity index (χ0v) is 11.2. The summed E-state index contributed by atoms with van der Waals surface area (Å²) >= 11 is 5.79. The molecule has 1 aromatic rings. The Morgan fingerprint density at radius 3 is 2.68 bits per heavy atom. The van der Waals surface area contributed by atoms with Crippen molar-refractivity contribution in [1.82, 2.24) is 4.98 Å². The van der Waals surface area contributed by atoms with Crippen LogP contribution in [0.15, 0.2) is 12.1 Å². The Labute approximate surface area is 116 Å². The molecular weight excluding hydrogens is 270 g/mol. The summed E-state index contributed by atoms with van der Waals surface area (Å²) in [7, 11) is 0. The molecule has 1 aliphatic carbocycles. The first-order chi connectivity index (χ1) is 9.06. The number of nitrogens with one attached hydrogen (secondary N) is 1. The average Bonchev–Trinajstić information content (AvgIpc) is 2.39. The Hall–Kier alpha value is -1.40. The standard InChI is InChI=1S/C12H16ClN3O3/c13-10-5-4-9(16(18)19)11(14-10)15-12(8-17)6-2-1-3-7-12/h4-5,17H,1-3,6-8H2,(H,14,15). The first-order valence-corrected chi connectivity index (χ1v) is 6.64. The molecule has 0 aliphatic heterocycles. The maximum Gasteiger partial charge on any atom is 0.311 e. The third-order valence-electron chi connectivity index (χ3n) is 3.53. The van der Waals surface area contributed by atoms with Crippen LogP contribution in [0, 0.1) is 10.1 Å². The summed E-state index contributed by atoms with van der Waals surface area (Å²) in [6, 6.07) is 2.71. The fraction of sp³-hybridized carbons (Fsp3) is 0.583. The van der Waals surface area contributed by atoms with Crippen molar-refractivity contribution in [2.24, 2.45) is 0 Å². The van der Waals surface area contributed by atoms with Gasteiger partial charge in [0.25, 0.3) is 0 Å².